The van der Waals surface area contributed by atoms with Crippen LogP contribution in [0.3, 0.4) is 0 Å². The topological polar surface area (TPSA) is 47.5 Å². The molecule has 1 aliphatic carbocycles. The lowest BCUT2D eigenvalue weighted by molar-refractivity contribution is -0.0975. The number of ether oxygens (including phenoxy) is 2. The van der Waals surface area contributed by atoms with Crippen molar-refractivity contribution in [2.24, 2.45) is 5.92 Å². The van der Waals surface area contributed by atoms with Gasteiger partial charge in [0.25, 0.3) is 0 Å². The molecule has 0 unspecified atom stereocenters. The average Bonchev–Trinajstić information content (AvgIpc) is 2.97. The average molecular weight is 317 g/mol. The van der Waals surface area contributed by atoms with E-state index in [1.165, 1.54) is 18.4 Å². The number of rotatable bonds is 6. The van der Waals surface area contributed by atoms with Crippen LogP contribution in [0.25, 0.3) is 0 Å². The van der Waals surface area contributed by atoms with Gasteiger partial charge in [-0.2, -0.15) is 0 Å². The van der Waals surface area contributed by atoms with Crippen LogP contribution in [0.4, 0.5) is 5.95 Å². The van der Waals surface area contributed by atoms with Crippen molar-refractivity contribution in [3.05, 3.63) is 30.6 Å². The van der Waals surface area contributed by atoms with Crippen molar-refractivity contribution >= 4 is 5.95 Å². The molecule has 1 spiro atoms. The van der Waals surface area contributed by atoms with Gasteiger partial charge in [0.1, 0.15) is 0 Å². The van der Waals surface area contributed by atoms with Gasteiger partial charge in [-0.15, -0.1) is 6.58 Å². The molecule has 0 bridgehead atoms. The first-order valence-corrected chi connectivity index (χ1v) is 8.66. The second-order valence-electron chi connectivity index (χ2n) is 6.49. The van der Waals surface area contributed by atoms with Gasteiger partial charge in [-0.05, 0) is 24.8 Å². The Labute approximate surface area is 138 Å². The summed E-state index contributed by atoms with van der Waals surface area (Å²) in [6, 6.07) is 0. The second-order valence-corrected chi connectivity index (χ2v) is 6.49. The fraction of sp³-hybridized carbons (Fsp3) is 0.667. The van der Waals surface area contributed by atoms with E-state index in [2.05, 4.69) is 28.4 Å². The van der Waals surface area contributed by atoms with Crippen LogP contribution in [0.5, 0.6) is 0 Å². The molecule has 1 aliphatic heterocycles. The number of aryl methyl sites for hydroxylation is 1. The quantitative estimate of drug-likeness (QED) is 0.596. The molecule has 1 saturated carbocycles. The van der Waals surface area contributed by atoms with Crippen LogP contribution in [0.2, 0.25) is 0 Å². The Bertz CT molecular complexity index is 520. The lowest BCUT2D eigenvalue weighted by atomic mass is 9.89. The highest BCUT2D eigenvalue weighted by Crippen LogP contribution is 2.41. The minimum Gasteiger partial charge on any atom is -0.377 e. The third-order valence-corrected chi connectivity index (χ3v) is 5.04. The van der Waals surface area contributed by atoms with Crippen LogP contribution in [-0.4, -0.2) is 48.5 Å². The second kappa shape index (κ2) is 7.41. The van der Waals surface area contributed by atoms with Crippen LogP contribution in [0, 0.1) is 5.92 Å². The Morgan fingerprint density at radius 1 is 1.48 bits per heavy atom. The highest BCUT2D eigenvalue weighted by molar-refractivity contribution is 5.32. The third kappa shape index (κ3) is 3.56. The van der Waals surface area contributed by atoms with E-state index < -0.39 is 0 Å². The number of aromatic nitrogens is 2. The van der Waals surface area contributed by atoms with E-state index in [1.54, 1.807) is 6.08 Å². The molecule has 2 aliphatic rings. The van der Waals surface area contributed by atoms with Crippen LogP contribution in [-0.2, 0) is 15.9 Å². The standard InChI is InChI=1S/C18H27N3O2/c1-3-9-22-13-16-6-5-7-18(16)14-21(8-10-23-18)17-19-11-15(4-2)12-20-17/h3,11-12,16H,1,4-10,13-14H2,2H3/t16-,18+/m0/s1. The Balaban J connectivity index is 1.69. The molecule has 23 heavy (non-hydrogen) atoms. The fourth-order valence-corrected chi connectivity index (χ4v) is 3.71. The summed E-state index contributed by atoms with van der Waals surface area (Å²) in [5, 5.41) is 0. The Morgan fingerprint density at radius 3 is 3.04 bits per heavy atom. The molecule has 2 fully saturated rings. The highest BCUT2D eigenvalue weighted by atomic mass is 16.5. The van der Waals surface area contributed by atoms with E-state index in [0.717, 1.165) is 45.1 Å². The molecule has 2 atom stereocenters. The predicted octanol–water partition coefficient (Wildman–Crippen LogP) is 2.62. The van der Waals surface area contributed by atoms with E-state index >= 15 is 0 Å². The van der Waals surface area contributed by atoms with Crippen LogP contribution < -0.4 is 4.90 Å². The highest BCUT2D eigenvalue weighted by Gasteiger charge is 2.47. The zero-order valence-electron chi connectivity index (χ0n) is 14.0. The zero-order valence-corrected chi connectivity index (χ0v) is 14.0. The zero-order chi connectivity index (χ0) is 16.1. The SMILES string of the molecule is C=CCOC[C@@H]1CCC[C@@]12CN(c1ncc(CC)cn1)CCO2. The van der Waals surface area contributed by atoms with Gasteiger partial charge < -0.3 is 14.4 Å². The van der Waals surface area contributed by atoms with E-state index in [-0.39, 0.29) is 5.60 Å². The first-order chi connectivity index (χ1) is 11.3. The molecule has 5 nitrogen and oxygen atoms in total. The molecule has 1 aromatic rings. The summed E-state index contributed by atoms with van der Waals surface area (Å²) in [7, 11) is 0. The predicted molar refractivity (Wildman–Crippen MR) is 90.7 cm³/mol. The minimum absolute atomic E-state index is 0.105. The van der Waals surface area contributed by atoms with Crippen molar-refractivity contribution in [3.63, 3.8) is 0 Å². The number of nitrogens with zero attached hydrogens (tertiary/aromatic N) is 3. The van der Waals surface area contributed by atoms with Gasteiger partial charge in [-0.25, -0.2) is 9.97 Å². The van der Waals surface area contributed by atoms with Gasteiger partial charge in [0.15, 0.2) is 0 Å². The van der Waals surface area contributed by atoms with Crippen molar-refractivity contribution in [2.75, 3.05) is 37.8 Å². The van der Waals surface area contributed by atoms with Crippen molar-refractivity contribution in [3.8, 4) is 0 Å². The van der Waals surface area contributed by atoms with Crippen molar-refractivity contribution < 1.29 is 9.47 Å². The van der Waals surface area contributed by atoms with Crippen LogP contribution >= 0.6 is 0 Å². The first kappa shape index (κ1) is 16.4. The molecule has 0 amide bonds. The van der Waals surface area contributed by atoms with E-state index in [9.17, 15) is 0 Å². The Morgan fingerprint density at radius 2 is 2.30 bits per heavy atom. The van der Waals surface area contributed by atoms with E-state index in [0.29, 0.717) is 12.5 Å². The van der Waals surface area contributed by atoms with E-state index in [4.69, 9.17) is 9.47 Å². The maximum absolute atomic E-state index is 6.26. The molecule has 2 heterocycles. The molecule has 0 N–H and O–H groups in total. The van der Waals surface area contributed by atoms with Gasteiger partial charge in [0, 0.05) is 24.9 Å². The molecule has 126 valence electrons. The molecule has 0 aromatic carbocycles. The normalized spacial score (nSPS) is 27.5. The van der Waals surface area contributed by atoms with Gasteiger partial charge in [0.05, 0.1) is 32.0 Å². The number of anilines is 1. The fourth-order valence-electron chi connectivity index (χ4n) is 3.71. The summed E-state index contributed by atoms with van der Waals surface area (Å²) in [5.74, 6) is 1.27. The van der Waals surface area contributed by atoms with Crippen LogP contribution in [0.15, 0.2) is 25.0 Å². The molecular weight excluding hydrogens is 290 g/mol. The monoisotopic (exact) mass is 317 g/mol. The lowest BCUT2D eigenvalue weighted by Gasteiger charge is -2.44. The maximum Gasteiger partial charge on any atom is 0.225 e. The Kier molecular flexibility index (Phi) is 5.28. The summed E-state index contributed by atoms with van der Waals surface area (Å²) in [4.78, 5) is 11.4. The van der Waals surface area contributed by atoms with Gasteiger partial charge in [-0.1, -0.05) is 19.4 Å². The lowest BCUT2D eigenvalue weighted by Crippen LogP contribution is -2.55. The first-order valence-electron chi connectivity index (χ1n) is 8.66. The Hall–Kier alpha value is -1.46. The summed E-state index contributed by atoms with van der Waals surface area (Å²) in [5.41, 5.74) is 1.07. The maximum atomic E-state index is 6.26. The van der Waals surface area contributed by atoms with Gasteiger partial charge in [-0.3, -0.25) is 0 Å². The van der Waals surface area contributed by atoms with Gasteiger partial charge in [0.2, 0.25) is 5.95 Å². The minimum atomic E-state index is -0.105. The van der Waals surface area contributed by atoms with E-state index in [1.807, 2.05) is 12.4 Å². The smallest absolute Gasteiger partial charge is 0.225 e. The summed E-state index contributed by atoms with van der Waals surface area (Å²) in [6.07, 6.45) is 10.1. The molecule has 5 heteroatoms. The molecular formula is C18H27N3O2. The summed E-state index contributed by atoms with van der Waals surface area (Å²) in [6.45, 7) is 9.64. The summed E-state index contributed by atoms with van der Waals surface area (Å²) >= 11 is 0. The van der Waals surface area contributed by atoms with Crippen molar-refractivity contribution in [2.45, 2.75) is 38.2 Å². The largest absolute Gasteiger partial charge is 0.377 e. The number of morpholine rings is 1. The molecule has 0 radical (unpaired) electrons. The van der Waals surface area contributed by atoms with Gasteiger partial charge >= 0.3 is 0 Å². The molecule has 1 aromatic heterocycles. The number of hydrogen-bond donors (Lipinski definition) is 0. The number of hydrogen-bond acceptors (Lipinski definition) is 5. The summed E-state index contributed by atoms with van der Waals surface area (Å²) < 4.78 is 12.0. The third-order valence-electron chi connectivity index (χ3n) is 5.04. The van der Waals surface area contributed by atoms with Crippen molar-refractivity contribution in [1.29, 1.82) is 0 Å². The van der Waals surface area contributed by atoms with Crippen LogP contribution in [0.1, 0.15) is 31.7 Å². The van der Waals surface area contributed by atoms with Crippen molar-refractivity contribution in [1.82, 2.24) is 9.97 Å². The molecule has 3 rings (SSSR count). The molecule has 1 saturated heterocycles.